The number of rotatable bonds is 5. The molecule has 2 fully saturated rings. The molecule has 9 nitrogen and oxygen atoms in total. The minimum atomic E-state index is -1.25. The van der Waals surface area contributed by atoms with Gasteiger partial charge in [0.1, 0.15) is 23.5 Å². The monoisotopic (exact) mass is 348 g/mol. The second kappa shape index (κ2) is 6.17. The number of aliphatic hydroxyl groups is 2. The van der Waals surface area contributed by atoms with Gasteiger partial charge in [0.2, 0.25) is 0 Å². The van der Waals surface area contributed by atoms with Gasteiger partial charge in [-0.25, -0.2) is 15.0 Å². The van der Waals surface area contributed by atoms with Crippen LogP contribution in [0.1, 0.15) is 32.4 Å². The first-order valence-electron chi connectivity index (χ1n) is 8.74. The number of nitrogens with one attached hydrogen (secondary N) is 1. The number of ether oxygens (including phenoxy) is 1. The number of nitrogens with two attached hydrogens (primary N) is 1. The summed E-state index contributed by atoms with van der Waals surface area (Å²) in [5.41, 5.74) is 5.51. The summed E-state index contributed by atoms with van der Waals surface area (Å²) in [5.74, 6) is 0.562. The largest absolute Gasteiger partial charge is 0.385 e. The number of nitrogen functional groups attached to an aromatic ring is 1. The Morgan fingerprint density at radius 3 is 3.04 bits per heavy atom. The van der Waals surface area contributed by atoms with Crippen molar-refractivity contribution in [1.29, 1.82) is 0 Å². The highest BCUT2D eigenvalue weighted by Gasteiger charge is 2.60. The normalized spacial score (nSPS) is 34.7. The quantitative estimate of drug-likeness (QED) is 0.547. The van der Waals surface area contributed by atoms with Crippen molar-refractivity contribution >= 4 is 17.0 Å². The molecule has 2 aliphatic rings. The van der Waals surface area contributed by atoms with Gasteiger partial charge in [-0.3, -0.25) is 4.57 Å². The standard InChI is InChI=1S/C16H24N6O3/c1-2-3-18-6-9-4-10-16(24,5-9)12(23)15(25-10)22-8-21-11-13(17)19-7-20-14(11)22/h7-10,12,15,18,23-24H,2-6H2,1H3,(H2,17,19,20)/t9-,10?,12?,15?,16?/m0/s1. The molecule has 136 valence electrons. The molecule has 3 heterocycles. The summed E-state index contributed by atoms with van der Waals surface area (Å²) in [4.78, 5) is 12.3. The summed E-state index contributed by atoms with van der Waals surface area (Å²) in [6.07, 6.45) is 2.97. The molecule has 1 saturated carbocycles. The second-order valence-corrected chi connectivity index (χ2v) is 7.04. The number of fused-ring (bicyclic) bond motifs is 2. The Bertz CT molecular complexity index is 767. The molecule has 0 radical (unpaired) electrons. The summed E-state index contributed by atoms with van der Waals surface area (Å²) >= 11 is 0. The molecule has 5 N–H and O–H groups in total. The molecule has 0 bridgehead atoms. The van der Waals surface area contributed by atoms with Crippen molar-refractivity contribution < 1.29 is 14.9 Å². The predicted molar refractivity (Wildman–Crippen MR) is 90.5 cm³/mol. The van der Waals surface area contributed by atoms with E-state index >= 15 is 0 Å². The van der Waals surface area contributed by atoms with Crippen molar-refractivity contribution in [3.05, 3.63) is 12.7 Å². The van der Waals surface area contributed by atoms with Gasteiger partial charge in [0.15, 0.2) is 17.7 Å². The molecule has 1 aliphatic carbocycles. The van der Waals surface area contributed by atoms with E-state index in [1.54, 1.807) is 4.57 Å². The van der Waals surface area contributed by atoms with Crippen molar-refractivity contribution in [2.24, 2.45) is 5.92 Å². The van der Waals surface area contributed by atoms with Crippen molar-refractivity contribution in [2.75, 3.05) is 18.8 Å². The minimum absolute atomic E-state index is 0.275. The van der Waals surface area contributed by atoms with Gasteiger partial charge in [-0.15, -0.1) is 0 Å². The highest BCUT2D eigenvalue weighted by molar-refractivity contribution is 5.81. The van der Waals surface area contributed by atoms with E-state index < -0.39 is 24.0 Å². The number of hydrogen-bond donors (Lipinski definition) is 4. The number of aliphatic hydroxyl groups excluding tert-OH is 1. The lowest BCUT2D eigenvalue weighted by Crippen LogP contribution is -2.44. The van der Waals surface area contributed by atoms with Gasteiger partial charge in [0.05, 0.1) is 12.4 Å². The molecule has 9 heteroatoms. The Balaban J connectivity index is 1.55. The van der Waals surface area contributed by atoms with Gasteiger partial charge in [-0.2, -0.15) is 0 Å². The zero-order chi connectivity index (χ0) is 17.6. The predicted octanol–water partition coefficient (Wildman–Crippen LogP) is -0.192. The van der Waals surface area contributed by atoms with Crippen LogP contribution in [-0.4, -0.2) is 60.6 Å². The van der Waals surface area contributed by atoms with Crippen LogP contribution in [0.25, 0.3) is 11.2 Å². The van der Waals surface area contributed by atoms with Crippen LogP contribution in [0.3, 0.4) is 0 Å². The molecule has 1 saturated heterocycles. The van der Waals surface area contributed by atoms with Crippen molar-refractivity contribution in [3.8, 4) is 0 Å². The second-order valence-electron chi connectivity index (χ2n) is 7.04. The van der Waals surface area contributed by atoms with E-state index in [0.29, 0.717) is 24.0 Å². The van der Waals surface area contributed by atoms with Crippen LogP contribution in [-0.2, 0) is 4.74 Å². The van der Waals surface area contributed by atoms with Crippen LogP contribution < -0.4 is 11.1 Å². The fourth-order valence-corrected chi connectivity index (χ4v) is 4.07. The number of hydrogen-bond acceptors (Lipinski definition) is 8. The van der Waals surface area contributed by atoms with Crippen molar-refractivity contribution in [3.63, 3.8) is 0 Å². The molecule has 5 atom stereocenters. The summed E-state index contributed by atoms with van der Waals surface area (Å²) < 4.78 is 7.65. The first kappa shape index (κ1) is 16.6. The third kappa shape index (κ3) is 2.58. The number of nitrogens with zero attached hydrogens (tertiary/aromatic N) is 4. The smallest absolute Gasteiger partial charge is 0.167 e. The molecule has 0 spiro atoms. The van der Waals surface area contributed by atoms with Crippen LogP contribution in [0, 0.1) is 5.92 Å². The average molecular weight is 348 g/mol. The van der Waals surface area contributed by atoms with Gasteiger partial charge < -0.3 is 26.0 Å². The Hall–Kier alpha value is -1.81. The number of anilines is 1. The third-order valence-corrected chi connectivity index (χ3v) is 5.33. The Morgan fingerprint density at radius 1 is 1.44 bits per heavy atom. The molecular weight excluding hydrogens is 324 g/mol. The van der Waals surface area contributed by atoms with Crippen molar-refractivity contribution in [1.82, 2.24) is 24.8 Å². The molecular formula is C16H24N6O3. The first-order valence-corrected chi connectivity index (χ1v) is 8.74. The van der Waals surface area contributed by atoms with Crippen molar-refractivity contribution in [2.45, 2.75) is 50.2 Å². The van der Waals surface area contributed by atoms with E-state index in [1.165, 1.54) is 12.7 Å². The SMILES string of the molecule is CCCNC[C@H]1CC2OC(n3cnc4c(N)ncnc43)C(O)C2(O)C1. The molecule has 1 aliphatic heterocycles. The maximum atomic E-state index is 11.0. The highest BCUT2D eigenvalue weighted by atomic mass is 16.6. The summed E-state index contributed by atoms with van der Waals surface area (Å²) in [6.45, 7) is 3.89. The molecule has 4 unspecified atom stereocenters. The zero-order valence-corrected chi connectivity index (χ0v) is 14.2. The molecule has 25 heavy (non-hydrogen) atoms. The van der Waals surface area contributed by atoms with E-state index in [0.717, 1.165) is 19.5 Å². The molecule has 0 aromatic carbocycles. The van der Waals surface area contributed by atoms with Gasteiger partial charge in [-0.05, 0) is 38.3 Å². The number of imidazole rings is 1. The Kier molecular flexibility index (Phi) is 4.11. The summed E-state index contributed by atoms with van der Waals surface area (Å²) in [5, 5.41) is 25.2. The molecule has 4 rings (SSSR count). The maximum absolute atomic E-state index is 11.0. The van der Waals surface area contributed by atoms with E-state index in [-0.39, 0.29) is 11.7 Å². The third-order valence-electron chi connectivity index (χ3n) is 5.33. The fourth-order valence-electron chi connectivity index (χ4n) is 4.07. The average Bonchev–Trinajstić information content (AvgIpc) is 3.21. The Labute approximate surface area is 145 Å². The van der Waals surface area contributed by atoms with E-state index in [9.17, 15) is 10.2 Å². The first-order chi connectivity index (χ1) is 12.0. The topological polar surface area (TPSA) is 131 Å². The summed E-state index contributed by atoms with van der Waals surface area (Å²) in [6, 6.07) is 0. The summed E-state index contributed by atoms with van der Waals surface area (Å²) in [7, 11) is 0. The lowest BCUT2D eigenvalue weighted by Gasteiger charge is -2.26. The zero-order valence-electron chi connectivity index (χ0n) is 14.2. The van der Waals surface area contributed by atoms with Gasteiger partial charge in [-0.1, -0.05) is 6.92 Å². The van der Waals surface area contributed by atoms with Crippen LogP contribution in [0.4, 0.5) is 5.82 Å². The molecule has 2 aromatic rings. The minimum Gasteiger partial charge on any atom is -0.385 e. The van der Waals surface area contributed by atoms with Crippen LogP contribution >= 0.6 is 0 Å². The fraction of sp³-hybridized carbons (Fsp3) is 0.688. The van der Waals surface area contributed by atoms with Crippen LogP contribution in [0.2, 0.25) is 0 Å². The van der Waals surface area contributed by atoms with E-state index in [1.807, 2.05) is 0 Å². The van der Waals surface area contributed by atoms with Gasteiger partial charge in [0.25, 0.3) is 0 Å². The van der Waals surface area contributed by atoms with E-state index in [4.69, 9.17) is 10.5 Å². The van der Waals surface area contributed by atoms with Crippen LogP contribution in [0.15, 0.2) is 12.7 Å². The van der Waals surface area contributed by atoms with E-state index in [2.05, 4.69) is 27.2 Å². The van der Waals surface area contributed by atoms with Gasteiger partial charge in [0, 0.05) is 0 Å². The van der Waals surface area contributed by atoms with Gasteiger partial charge >= 0.3 is 0 Å². The highest BCUT2D eigenvalue weighted by Crippen LogP contribution is 2.49. The lowest BCUT2D eigenvalue weighted by molar-refractivity contribution is -0.0667. The maximum Gasteiger partial charge on any atom is 0.167 e. The number of aromatic nitrogens is 4. The molecule has 0 amide bonds. The van der Waals surface area contributed by atoms with Crippen LogP contribution in [0.5, 0.6) is 0 Å². The Morgan fingerprint density at radius 2 is 2.28 bits per heavy atom. The lowest BCUT2D eigenvalue weighted by atomic mass is 9.93. The molecule has 2 aromatic heterocycles.